The standard InChI is InChI=1S/C11H11BrFN3O3/c1-17-6-3-5(9(13)8(12)10(6)18-2)11-15-7(4-14)19-16-11/h3H,4,14H2,1-2H3. The van der Waals surface area contributed by atoms with E-state index in [4.69, 9.17) is 19.7 Å². The molecule has 0 aliphatic heterocycles. The van der Waals surface area contributed by atoms with Gasteiger partial charge in [-0.15, -0.1) is 0 Å². The fraction of sp³-hybridized carbons (Fsp3) is 0.273. The molecule has 102 valence electrons. The van der Waals surface area contributed by atoms with E-state index in [-0.39, 0.29) is 34.0 Å². The van der Waals surface area contributed by atoms with Crippen molar-refractivity contribution < 1.29 is 18.4 Å². The van der Waals surface area contributed by atoms with Crippen molar-refractivity contribution in [3.05, 3.63) is 22.2 Å². The molecule has 0 spiro atoms. The van der Waals surface area contributed by atoms with E-state index in [0.29, 0.717) is 5.75 Å². The lowest BCUT2D eigenvalue weighted by atomic mass is 10.1. The fourth-order valence-electron chi connectivity index (χ4n) is 1.54. The number of nitrogens with zero attached hydrogens (tertiary/aromatic N) is 2. The molecule has 1 heterocycles. The largest absolute Gasteiger partial charge is 0.493 e. The van der Waals surface area contributed by atoms with E-state index in [0.717, 1.165) is 0 Å². The molecule has 1 aromatic heterocycles. The lowest BCUT2D eigenvalue weighted by molar-refractivity contribution is 0.350. The van der Waals surface area contributed by atoms with Gasteiger partial charge in [-0.05, 0) is 22.0 Å². The van der Waals surface area contributed by atoms with E-state index >= 15 is 0 Å². The number of hydrogen-bond donors (Lipinski definition) is 1. The quantitative estimate of drug-likeness (QED) is 0.923. The molecule has 2 aromatic rings. The van der Waals surface area contributed by atoms with Crippen molar-refractivity contribution in [1.82, 2.24) is 10.1 Å². The number of benzene rings is 1. The van der Waals surface area contributed by atoms with E-state index in [9.17, 15) is 4.39 Å². The molecule has 0 amide bonds. The molecule has 0 saturated carbocycles. The van der Waals surface area contributed by atoms with Gasteiger partial charge in [-0.25, -0.2) is 4.39 Å². The molecule has 2 rings (SSSR count). The molecule has 0 fully saturated rings. The van der Waals surface area contributed by atoms with Crippen LogP contribution in [0.2, 0.25) is 0 Å². The highest BCUT2D eigenvalue weighted by molar-refractivity contribution is 9.10. The molecule has 0 bridgehead atoms. The first-order valence-electron chi connectivity index (χ1n) is 5.25. The fourth-order valence-corrected chi connectivity index (χ4v) is 2.11. The summed E-state index contributed by atoms with van der Waals surface area (Å²) in [4.78, 5) is 3.97. The van der Waals surface area contributed by atoms with Crippen LogP contribution < -0.4 is 15.2 Å². The third-order valence-electron chi connectivity index (χ3n) is 2.44. The molecule has 19 heavy (non-hydrogen) atoms. The smallest absolute Gasteiger partial charge is 0.240 e. The molecule has 8 heteroatoms. The van der Waals surface area contributed by atoms with Crippen molar-refractivity contribution in [2.75, 3.05) is 14.2 Å². The lowest BCUT2D eigenvalue weighted by Gasteiger charge is -2.11. The van der Waals surface area contributed by atoms with Crippen LogP contribution in [-0.2, 0) is 6.54 Å². The molecular formula is C11H11BrFN3O3. The van der Waals surface area contributed by atoms with Crippen molar-refractivity contribution in [3.63, 3.8) is 0 Å². The highest BCUT2D eigenvalue weighted by Gasteiger charge is 2.21. The van der Waals surface area contributed by atoms with E-state index in [1.807, 2.05) is 0 Å². The molecule has 0 unspecified atom stereocenters. The van der Waals surface area contributed by atoms with E-state index in [2.05, 4.69) is 26.1 Å². The van der Waals surface area contributed by atoms with E-state index < -0.39 is 5.82 Å². The Balaban J connectivity index is 2.60. The number of methoxy groups -OCH3 is 2. The van der Waals surface area contributed by atoms with Crippen LogP contribution in [-0.4, -0.2) is 24.4 Å². The molecule has 2 N–H and O–H groups in total. The topological polar surface area (TPSA) is 83.4 Å². The van der Waals surface area contributed by atoms with Crippen molar-refractivity contribution in [3.8, 4) is 22.9 Å². The van der Waals surface area contributed by atoms with Crippen LogP contribution in [0.15, 0.2) is 15.1 Å². The third-order valence-corrected chi connectivity index (χ3v) is 3.14. The van der Waals surface area contributed by atoms with Crippen LogP contribution in [0.25, 0.3) is 11.4 Å². The highest BCUT2D eigenvalue weighted by atomic mass is 79.9. The minimum Gasteiger partial charge on any atom is -0.493 e. The van der Waals surface area contributed by atoms with Gasteiger partial charge in [0.05, 0.1) is 30.8 Å². The summed E-state index contributed by atoms with van der Waals surface area (Å²) in [6.07, 6.45) is 0. The Morgan fingerprint density at radius 2 is 2.16 bits per heavy atom. The van der Waals surface area contributed by atoms with Crippen molar-refractivity contribution >= 4 is 15.9 Å². The third kappa shape index (κ3) is 2.41. The second kappa shape index (κ2) is 5.54. The van der Waals surface area contributed by atoms with Gasteiger partial charge in [0, 0.05) is 0 Å². The summed E-state index contributed by atoms with van der Waals surface area (Å²) in [5, 5.41) is 3.67. The first kappa shape index (κ1) is 13.8. The van der Waals surface area contributed by atoms with Crippen LogP contribution in [0, 0.1) is 5.82 Å². The van der Waals surface area contributed by atoms with Gasteiger partial charge in [0.25, 0.3) is 0 Å². The normalized spacial score (nSPS) is 10.6. The molecule has 0 atom stereocenters. The number of halogens is 2. The van der Waals surface area contributed by atoms with Crippen LogP contribution in [0.3, 0.4) is 0 Å². The van der Waals surface area contributed by atoms with E-state index in [1.165, 1.54) is 20.3 Å². The number of aromatic nitrogens is 2. The molecule has 0 radical (unpaired) electrons. The average Bonchev–Trinajstić information content (AvgIpc) is 2.90. The monoisotopic (exact) mass is 331 g/mol. The molecule has 0 aliphatic carbocycles. The summed E-state index contributed by atoms with van der Waals surface area (Å²) >= 11 is 3.11. The maximum atomic E-state index is 14.2. The SMILES string of the molecule is COc1cc(-c2noc(CN)n2)c(F)c(Br)c1OC. The van der Waals surface area contributed by atoms with Crippen LogP contribution >= 0.6 is 15.9 Å². The molecular weight excluding hydrogens is 321 g/mol. The van der Waals surface area contributed by atoms with E-state index in [1.54, 1.807) is 0 Å². The van der Waals surface area contributed by atoms with Gasteiger partial charge in [0.1, 0.15) is 0 Å². The summed E-state index contributed by atoms with van der Waals surface area (Å²) in [7, 11) is 2.87. The zero-order chi connectivity index (χ0) is 14.0. The summed E-state index contributed by atoms with van der Waals surface area (Å²) in [6, 6.07) is 1.43. The average molecular weight is 332 g/mol. The first-order valence-corrected chi connectivity index (χ1v) is 6.04. The van der Waals surface area contributed by atoms with Crippen LogP contribution in [0.5, 0.6) is 11.5 Å². The number of rotatable bonds is 4. The number of hydrogen-bond acceptors (Lipinski definition) is 6. The second-order valence-corrected chi connectivity index (χ2v) is 4.30. The maximum Gasteiger partial charge on any atom is 0.240 e. The van der Waals surface area contributed by atoms with Gasteiger partial charge in [-0.1, -0.05) is 5.16 Å². The number of ether oxygens (including phenoxy) is 2. The molecule has 0 saturated heterocycles. The van der Waals surface area contributed by atoms with Gasteiger partial charge >= 0.3 is 0 Å². The molecule has 6 nitrogen and oxygen atoms in total. The van der Waals surface area contributed by atoms with Gasteiger partial charge < -0.3 is 19.7 Å². The zero-order valence-corrected chi connectivity index (χ0v) is 11.8. The second-order valence-electron chi connectivity index (χ2n) is 3.50. The Labute approximate surface area is 116 Å². The summed E-state index contributed by atoms with van der Waals surface area (Å²) < 4.78 is 29.4. The highest BCUT2D eigenvalue weighted by Crippen LogP contribution is 2.41. The minimum absolute atomic E-state index is 0.0864. The van der Waals surface area contributed by atoms with Gasteiger partial charge in [-0.3, -0.25) is 0 Å². The summed E-state index contributed by atoms with van der Waals surface area (Å²) in [5.41, 5.74) is 5.50. The predicted octanol–water partition coefficient (Wildman–Crippen LogP) is 2.11. The van der Waals surface area contributed by atoms with Crippen molar-refractivity contribution in [1.29, 1.82) is 0 Å². The first-order chi connectivity index (χ1) is 9.12. The molecule has 0 aliphatic rings. The van der Waals surface area contributed by atoms with Gasteiger partial charge in [0.2, 0.25) is 11.7 Å². The Bertz CT molecular complexity index is 603. The van der Waals surface area contributed by atoms with Crippen molar-refractivity contribution in [2.45, 2.75) is 6.54 Å². The lowest BCUT2D eigenvalue weighted by Crippen LogP contribution is -1.98. The minimum atomic E-state index is -0.568. The zero-order valence-electron chi connectivity index (χ0n) is 10.2. The van der Waals surface area contributed by atoms with Crippen LogP contribution in [0.4, 0.5) is 4.39 Å². The summed E-state index contributed by atoms with van der Waals surface area (Å²) in [5.74, 6) is 0.359. The predicted molar refractivity (Wildman–Crippen MR) is 68.4 cm³/mol. The summed E-state index contributed by atoms with van der Waals surface area (Å²) in [6.45, 7) is 0.0864. The van der Waals surface area contributed by atoms with Gasteiger partial charge in [-0.2, -0.15) is 4.98 Å². The Morgan fingerprint density at radius 3 is 2.68 bits per heavy atom. The molecule has 1 aromatic carbocycles. The Hall–Kier alpha value is -1.67. The van der Waals surface area contributed by atoms with Crippen molar-refractivity contribution in [2.24, 2.45) is 5.73 Å². The van der Waals surface area contributed by atoms with Gasteiger partial charge in [0.15, 0.2) is 17.3 Å². The Morgan fingerprint density at radius 1 is 1.42 bits per heavy atom. The van der Waals surface area contributed by atoms with Crippen LogP contribution in [0.1, 0.15) is 5.89 Å². The maximum absolute atomic E-state index is 14.2. The Kier molecular flexibility index (Phi) is 4.01. The number of nitrogens with two attached hydrogens (primary N) is 1.